The minimum Gasteiger partial charge on any atom is -0.345 e. The molecule has 136 valence electrons. The molecule has 1 aromatic rings. The molecule has 7 heteroatoms. The molecule has 0 bridgehead atoms. The molecule has 0 saturated heterocycles. The number of allylic oxidation sites excluding steroid dienone is 2. The van der Waals surface area contributed by atoms with Gasteiger partial charge in [-0.05, 0) is 43.4 Å². The van der Waals surface area contributed by atoms with E-state index in [0.29, 0.717) is 18.0 Å². The molecule has 1 aliphatic carbocycles. The van der Waals surface area contributed by atoms with Crippen LogP contribution in [0.1, 0.15) is 30.0 Å². The Kier molecular flexibility index (Phi) is 4.19. The summed E-state index contributed by atoms with van der Waals surface area (Å²) in [5.74, 6) is 0.320. The largest absolute Gasteiger partial charge is 0.345 e. The van der Waals surface area contributed by atoms with Gasteiger partial charge in [0, 0.05) is 12.7 Å². The fourth-order valence-electron chi connectivity index (χ4n) is 3.29. The standard InChI is InChI=1S/C19H21N3O3S/c1-13-4-6-14(7-5-13)17(15-8-9-15)20-19(23)16-3-2-10-22-11-12-26(24,25)21-18(16)22/h2-7,10,15,17H,8-9,11-12H2,1H3,(H,20,23)/t17-/m0/s1. The molecule has 2 aliphatic heterocycles. The number of nitrogens with one attached hydrogen (secondary N) is 1. The molecular formula is C19H21N3O3S. The third-order valence-electron chi connectivity index (χ3n) is 4.92. The van der Waals surface area contributed by atoms with Crippen LogP contribution < -0.4 is 5.32 Å². The zero-order valence-corrected chi connectivity index (χ0v) is 15.4. The van der Waals surface area contributed by atoms with Crippen molar-refractivity contribution in [3.8, 4) is 0 Å². The maximum Gasteiger partial charge on any atom is 0.256 e. The molecule has 3 aliphatic rings. The van der Waals surface area contributed by atoms with E-state index in [-0.39, 0.29) is 23.5 Å². The molecule has 1 amide bonds. The van der Waals surface area contributed by atoms with Crippen molar-refractivity contribution in [1.29, 1.82) is 0 Å². The van der Waals surface area contributed by atoms with E-state index in [1.165, 1.54) is 5.56 Å². The number of hydrogen-bond donors (Lipinski definition) is 1. The van der Waals surface area contributed by atoms with Crippen LogP contribution in [0, 0.1) is 12.8 Å². The molecule has 1 saturated carbocycles. The first-order valence-electron chi connectivity index (χ1n) is 8.78. The summed E-state index contributed by atoms with van der Waals surface area (Å²) in [6.45, 7) is 2.34. The van der Waals surface area contributed by atoms with Gasteiger partial charge < -0.3 is 10.2 Å². The molecule has 0 radical (unpaired) electrons. The van der Waals surface area contributed by atoms with E-state index >= 15 is 0 Å². The third-order valence-corrected chi connectivity index (χ3v) is 6.07. The number of amides is 1. The quantitative estimate of drug-likeness (QED) is 0.879. The molecule has 1 N–H and O–H groups in total. The summed E-state index contributed by atoms with van der Waals surface area (Å²) < 4.78 is 27.6. The summed E-state index contributed by atoms with van der Waals surface area (Å²) in [7, 11) is -3.52. The zero-order chi connectivity index (χ0) is 18.3. The van der Waals surface area contributed by atoms with Crippen molar-refractivity contribution in [1.82, 2.24) is 10.2 Å². The summed E-state index contributed by atoms with van der Waals surface area (Å²) in [5.41, 5.74) is 2.55. The Labute approximate surface area is 153 Å². The van der Waals surface area contributed by atoms with Crippen molar-refractivity contribution in [2.75, 3.05) is 12.3 Å². The smallest absolute Gasteiger partial charge is 0.256 e. The molecule has 1 atom stereocenters. The number of aryl methyl sites for hydroxylation is 1. The Morgan fingerprint density at radius 1 is 1.27 bits per heavy atom. The molecule has 1 aromatic carbocycles. The maximum absolute atomic E-state index is 12.9. The van der Waals surface area contributed by atoms with E-state index in [1.807, 2.05) is 31.2 Å². The molecule has 4 rings (SSSR count). The second kappa shape index (κ2) is 6.39. The lowest BCUT2D eigenvalue weighted by atomic mass is 10.00. The summed E-state index contributed by atoms with van der Waals surface area (Å²) in [5, 5.41) is 3.10. The Hall–Kier alpha value is -2.41. The number of nitrogens with zero attached hydrogens (tertiary/aromatic N) is 2. The molecule has 1 fully saturated rings. The lowest BCUT2D eigenvalue weighted by Crippen LogP contribution is -2.43. The van der Waals surface area contributed by atoms with Crippen molar-refractivity contribution in [2.45, 2.75) is 25.8 Å². The predicted octanol–water partition coefficient (Wildman–Crippen LogP) is 2.06. The lowest BCUT2D eigenvalue weighted by molar-refractivity contribution is -0.117. The normalized spacial score (nSPS) is 22.1. The molecular weight excluding hydrogens is 350 g/mol. The second-order valence-electron chi connectivity index (χ2n) is 7.02. The average molecular weight is 371 g/mol. The minimum absolute atomic E-state index is 0.0379. The van der Waals surface area contributed by atoms with Crippen LogP contribution >= 0.6 is 0 Å². The fraction of sp³-hybridized carbons (Fsp3) is 0.368. The molecule has 0 aromatic heterocycles. The number of carbonyl (C=O) groups is 1. The van der Waals surface area contributed by atoms with Crippen molar-refractivity contribution in [2.24, 2.45) is 10.3 Å². The van der Waals surface area contributed by atoms with Crippen LogP contribution in [0.4, 0.5) is 0 Å². The monoisotopic (exact) mass is 371 g/mol. The van der Waals surface area contributed by atoms with Crippen LogP contribution in [-0.4, -0.2) is 37.4 Å². The first-order valence-corrected chi connectivity index (χ1v) is 10.4. The average Bonchev–Trinajstić information content (AvgIpc) is 3.44. The SMILES string of the molecule is Cc1ccc([C@H](NC(=O)C2=CC=CN3CCS(=O)(=O)N=C23)C2CC2)cc1. The number of rotatable bonds is 4. The van der Waals surface area contributed by atoms with Crippen molar-refractivity contribution >= 4 is 21.8 Å². The summed E-state index contributed by atoms with van der Waals surface area (Å²) in [6.07, 6.45) is 7.30. The van der Waals surface area contributed by atoms with Gasteiger partial charge in [0.05, 0.1) is 17.4 Å². The van der Waals surface area contributed by atoms with E-state index in [1.54, 1.807) is 23.3 Å². The van der Waals surface area contributed by atoms with Gasteiger partial charge in [0.25, 0.3) is 15.9 Å². The number of benzene rings is 1. The Morgan fingerprint density at radius 3 is 2.69 bits per heavy atom. The Balaban J connectivity index is 1.60. The molecule has 0 unspecified atom stereocenters. The van der Waals surface area contributed by atoms with E-state index < -0.39 is 10.0 Å². The van der Waals surface area contributed by atoms with Gasteiger partial charge in [0.2, 0.25) is 0 Å². The summed E-state index contributed by atoms with van der Waals surface area (Å²) in [4.78, 5) is 14.6. The van der Waals surface area contributed by atoms with Crippen molar-refractivity contribution in [3.63, 3.8) is 0 Å². The number of hydrogen-bond acceptors (Lipinski definition) is 4. The first-order chi connectivity index (χ1) is 12.4. The Morgan fingerprint density at radius 2 is 2.00 bits per heavy atom. The van der Waals surface area contributed by atoms with Gasteiger partial charge in [-0.2, -0.15) is 0 Å². The fourth-order valence-corrected chi connectivity index (χ4v) is 4.27. The van der Waals surface area contributed by atoms with Crippen LogP contribution in [0.2, 0.25) is 0 Å². The number of carbonyl (C=O) groups excluding carboxylic acids is 1. The lowest BCUT2D eigenvalue weighted by Gasteiger charge is -2.29. The van der Waals surface area contributed by atoms with E-state index in [2.05, 4.69) is 9.71 Å². The predicted molar refractivity (Wildman–Crippen MR) is 99.9 cm³/mol. The highest BCUT2D eigenvalue weighted by atomic mass is 32.2. The highest BCUT2D eigenvalue weighted by Crippen LogP contribution is 2.41. The van der Waals surface area contributed by atoms with Gasteiger partial charge in [-0.25, -0.2) is 8.42 Å². The van der Waals surface area contributed by atoms with Crippen LogP contribution in [0.25, 0.3) is 0 Å². The van der Waals surface area contributed by atoms with E-state index in [0.717, 1.165) is 18.4 Å². The Bertz CT molecular complexity index is 925. The highest BCUT2D eigenvalue weighted by Gasteiger charge is 2.36. The van der Waals surface area contributed by atoms with Crippen molar-refractivity contribution in [3.05, 3.63) is 59.3 Å². The summed E-state index contributed by atoms with van der Waals surface area (Å²) in [6, 6.07) is 8.10. The number of sulfonamides is 1. The topological polar surface area (TPSA) is 78.8 Å². The zero-order valence-electron chi connectivity index (χ0n) is 14.6. The minimum atomic E-state index is -3.52. The van der Waals surface area contributed by atoms with Crippen molar-refractivity contribution < 1.29 is 13.2 Å². The highest BCUT2D eigenvalue weighted by molar-refractivity contribution is 7.90. The van der Waals surface area contributed by atoms with Crippen LogP contribution in [0.5, 0.6) is 0 Å². The summed E-state index contributed by atoms with van der Waals surface area (Å²) >= 11 is 0. The molecule has 2 heterocycles. The maximum atomic E-state index is 12.9. The van der Waals surface area contributed by atoms with Gasteiger partial charge in [-0.3, -0.25) is 4.79 Å². The van der Waals surface area contributed by atoms with Gasteiger partial charge >= 0.3 is 0 Å². The molecule has 0 spiro atoms. The molecule has 6 nitrogen and oxygen atoms in total. The number of amidine groups is 1. The van der Waals surface area contributed by atoms with E-state index in [4.69, 9.17) is 0 Å². The molecule has 26 heavy (non-hydrogen) atoms. The van der Waals surface area contributed by atoms with Crippen LogP contribution in [0.3, 0.4) is 0 Å². The third kappa shape index (κ3) is 3.44. The second-order valence-corrected chi connectivity index (χ2v) is 8.77. The van der Waals surface area contributed by atoms with Crippen LogP contribution in [-0.2, 0) is 14.8 Å². The van der Waals surface area contributed by atoms with Crippen LogP contribution in [0.15, 0.2) is 52.6 Å². The number of fused-ring (bicyclic) bond motifs is 1. The van der Waals surface area contributed by atoms with Gasteiger partial charge in [-0.15, -0.1) is 4.40 Å². The van der Waals surface area contributed by atoms with E-state index in [9.17, 15) is 13.2 Å². The van der Waals surface area contributed by atoms with Gasteiger partial charge in [0.1, 0.15) is 0 Å². The van der Waals surface area contributed by atoms with Gasteiger partial charge in [-0.1, -0.05) is 29.8 Å². The van der Waals surface area contributed by atoms with Gasteiger partial charge in [0.15, 0.2) is 5.84 Å². The first kappa shape index (κ1) is 17.0.